The van der Waals surface area contributed by atoms with Gasteiger partial charge in [0.25, 0.3) is 0 Å². The standard InChI is InChI=1S/C36H44O6/c1-35(27-9-21-7-22(11-27)12-28(35)10-21)41-33(37)19-39-31-5-3-26-18-32(6-4-25(26)17-31)40-20-34(38)42-36(2)29-13-23-8-24(15-29)16-30(36)14-23/h3-6,17-18,21-24,27-30H,7-16,19-20H2,1-2H3. The zero-order valence-electron chi connectivity index (χ0n) is 25.0. The zero-order valence-corrected chi connectivity index (χ0v) is 25.0. The van der Waals surface area contributed by atoms with Crippen LogP contribution < -0.4 is 9.47 Å². The first-order valence-electron chi connectivity index (χ1n) is 16.5. The van der Waals surface area contributed by atoms with Gasteiger partial charge in [0.15, 0.2) is 13.2 Å². The predicted molar refractivity (Wildman–Crippen MR) is 158 cm³/mol. The van der Waals surface area contributed by atoms with Crippen LogP contribution in [-0.4, -0.2) is 36.4 Å². The van der Waals surface area contributed by atoms with Gasteiger partial charge in [-0.25, -0.2) is 9.59 Å². The molecule has 224 valence electrons. The molecule has 0 spiro atoms. The Bertz CT molecular complexity index is 1230. The summed E-state index contributed by atoms with van der Waals surface area (Å²) in [5.41, 5.74) is -0.680. The van der Waals surface area contributed by atoms with Crippen LogP contribution >= 0.6 is 0 Å². The lowest BCUT2D eigenvalue weighted by Gasteiger charge is -2.59. The fourth-order valence-corrected chi connectivity index (χ4v) is 10.8. The quantitative estimate of drug-likeness (QED) is 0.314. The van der Waals surface area contributed by atoms with E-state index in [0.717, 1.165) is 34.4 Å². The number of carbonyl (C=O) groups excluding carboxylic acids is 2. The van der Waals surface area contributed by atoms with Crippen molar-refractivity contribution in [3.8, 4) is 11.5 Å². The number of fused-ring (bicyclic) bond motifs is 1. The third-order valence-corrected chi connectivity index (χ3v) is 12.7. The molecule has 0 atom stereocenters. The summed E-state index contributed by atoms with van der Waals surface area (Å²) in [6, 6.07) is 11.5. The number of ether oxygens (including phenoxy) is 4. The molecule has 6 nitrogen and oxygen atoms in total. The predicted octanol–water partition coefficient (Wildman–Crippen LogP) is 7.11. The van der Waals surface area contributed by atoms with E-state index in [0.29, 0.717) is 35.2 Å². The van der Waals surface area contributed by atoms with Crippen molar-refractivity contribution >= 4 is 22.7 Å². The topological polar surface area (TPSA) is 71.1 Å². The Morgan fingerprint density at radius 3 is 1.24 bits per heavy atom. The van der Waals surface area contributed by atoms with Crippen molar-refractivity contribution in [3.05, 3.63) is 36.4 Å². The van der Waals surface area contributed by atoms with Crippen molar-refractivity contribution in [1.82, 2.24) is 0 Å². The molecule has 2 aromatic carbocycles. The molecule has 8 bridgehead atoms. The van der Waals surface area contributed by atoms with Crippen LogP contribution in [-0.2, 0) is 19.1 Å². The Morgan fingerprint density at radius 1 is 0.571 bits per heavy atom. The number of carbonyl (C=O) groups is 2. The molecule has 8 saturated carbocycles. The van der Waals surface area contributed by atoms with Gasteiger partial charge in [-0.05, 0) is 160 Å². The SMILES string of the molecule is CC1(OC(=O)COc2ccc3cc(OCC(=O)OC4(C)C5CC6CC(C5)CC4C6)ccc3c2)C2CC3CC(C2)CC1C3. The van der Waals surface area contributed by atoms with E-state index in [1.165, 1.54) is 64.2 Å². The second kappa shape index (κ2) is 9.89. The number of rotatable bonds is 8. The minimum Gasteiger partial charge on any atom is -0.482 e. The van der Waals surface area contributed by atoms with E-state index < -0.39 is 0 Å². The molecule has 8 aliphatic carbocycles. The van der Waals surface area contributed by atoms with Crippen molar-refractivity contribution in [3.63, 3.8) is 0 Å². The van der Waals surface area contributed by atoms with E-state index >= 15 is 0 Å². The van der Waals surface area contributed by atoms with Crippen LogP contribution in [0.5, 0.6) is 11.5 Å². The van der Waals surface area contributed by atoms with Crippen LogP contribution in [0.25, 0.3) is 10.8 Å². The van der Waals surface area contributed by atoms with Gasteiger partial charge in [-0.15, -0.1) is 0 Å². The molecule has 0 saturated heterocycles. The summed E-state index contributed by atoms with van der Waals surface area (Å²) in [6.07, 6.45) is 12.4. The summed E-state index contributed by atoms with van der Waals surface area (Å²) < 4.78 is 24.1. The Balaban J connectivity index is 0.848. The Labute approximate surface area is 248 Å². The fraction of sp³-hybridized carbons (Fsp3) is 0.667. The van der Waals surface area contributed by atoms with E-state index in [-0.39, 0.29) is 36.4 Å². The van der Waals surface area contributed by atoms with E-state index in [9.17, 15) is 9.59 Å². The highest BCUT2D eigenvalue weighted by molar-refractivity contribution is 5.85. The van der Waals surface area contributed by atoms with Gasteiger partial charge in [0, 0.05) is 0 Å². The smallest absolute Gasteiger partial charge is 0.344 e. The van der Waals surface area contributed by atoms with Crippen LogP contribution in [0.15, 0.2) is 36.4 Å². The summed E-state index contributed by atoms with van der Waals surface area (Å²) in [4.78, 5) is 25.7. The lowest BCUT2D eigenvalue weighted by Crippen LogP contribution is -2.58. The molecule has 0 heterocycles. The normalized spacial score (nSPS) is 40.7. The van der Waals surface area contributed by atoms with Crippen molar-refractivity contribution in [1.29, 1.82) is 0 Å². The zero-order chi connectivity index (χ0) is 28.6. The number of hydrogen-bond acceptors (Lipinski definition) is 6. The highest BCUT2D eigenvalue weighted by Crippen LogP contribution is 2.60. The molecule has 42 heavy (non-hydrogen) atoms. The molecular formula is C36H44O6. The highest BCUT2D eigenvalue weighted by Gasteiger charge is 2.58. The van der Waals surface area contributed by atoms with Crippen molar-refractivity contribution in [2.45, 2.75) is 89.3 Å². The molecule has 8 aliphatic rings. The molecule has 2 aromatic rings. The first-order valence-corrected chi connectivity index (χ1v) is 16.5. The van der Waals surface area contributed by atoms with Crippen LogP contribution in [0.1, 0.15) is 78.1 Å². The highest BCUT2D eigenvalue weighted by atomic mass is 16.6. The third kappa shape index (κ3) is 4.59. The Morgan fingerprint density at radius 2 is 0.905 bits per heavy atom. The summed E-state index contributed by atoms with van der Waals surface area (Å²) in [6.45, 7) is 4.16. The van der Waals surface area contributed by atoms with Gasteiger partial charge in [-0.1, -0.05) is 12.1 Å². The van der Waals surface area contributed by atoms with Crippen molar-refractivity contribution in [2.24, 2.45) is 47.3 Å². The van der Waals surface area contributed by atoms with E-state index in [1.807, 2.05) is 36.4 Å². The van der Waals surface area contributed by atoms with Crippen molar-refractivity contribution < 1.29 is 28.5 Å². The minimum atomic E-state index is -0.340. The second-order valence-electron chi connectivity index (χ2n) is 15.2. The number of benzene rings is 2. The molecule has 0 amide bonds. The van der Waals surface area contributed by atoms with Gasteiger partial charge in [-0.2, -0.15) is 0 Å². The molecule has 0 radical (unpaired) electrons. The maximum Gasteiger partial charge on any atom is 0.344 e. The van der Waals surface area contributed by atoms with Gasteiger partial charge in [-0.3, -0.25) is 0 Å². The lowest BCUT2D eigenvalue weighted by molar-refractivity contribution is -0.205. The van der Waals surface area contributed by atoms with E-state index in [2.05, 4.69) is 13.8 Å². The average Bonchev–Trinajstić information content (AvgIpc) is 2.96. The van der Waals surface area contributed by atoms with Crippen LogP contribution in [0.3, 0.4) is 0 Å². The van der Waals surface area contributed by atoms with Crippen LogP contribution in [0.4, 0.5) is 0 Å². The van der Waals surface area contributed by atoms with Gasteiger partial charge in [0.1, 0.15) is 22.7 Å². The summed E-state index contributed by atoms with van der Waals surface area (Å²) in [5, 5.41) is 1.95. The maximum atomic E-state index is 12.9. The molecule has 8 fully saturated rings. The Kier molecular flexibility index (Phi) is 6.32. The second-order valence-corrected chi connectivity index (χ2v) is 15.2. The maximum absolute atomic E-state index is 12.9. The van der Waals surface area contributed by atoms with Crippen molar-refractivity contribution in [2.75, 3.05) is 13.2 Å². The van der Waals surface area contributed by atoms with Gasteiger partial charge < -0.3 is 18.9 Å². The molecule has 0 aliphatic heterocycles. The fourth-order valence-electron chi connectivity index (χ4n) is 10.8. The molecule has 6 heteroatoms. The first-order chi connectivity index (χ1) is 20.2. The van der Waals surface area contributed by atoms with Gasteiger partial charge in [0.05, 0.1) is 0 Å². The third-order valence-electron chi connectivity index (χ3n) is 12.7. The molecular weight excluding hydrogens is 528 g/mol. The largest absolute Gasteiger partial charge is 0.482 e. The van der Waals surface area contributed by atoms with E-state index in [4.69, 9.17) is 18.9 Å². The minimum absolute atomic E-state index is 0.0847. The van der Waals surface area contributed by atoms with Crippen LogP contribution in [0, 0.1) is 47.3 Å². The number of esters is 2. The first kappa shape index (κ1) is 26.8. The molecule has 0 N–H and O–H groups in total. The molecule has 0 unspecified atom stereocenters. The summed E-state index contributed by atoms with van der Waals surface area (Å²) in [5.74, 6) is 6.05. The van der Waals surface area contributed by atoms with Crippen LogP contribution in [0.2, 0.25) is 0 Å². The number of hydrogen-bond donors (Lipinski definition) is 0. The Hall–Kier alpha value is -2.76. The van der Waals surface area contributed by atoms with E-state index in [1.54, 1.807) is 0 Å². The van der Waals surface area contributed by atoms with Gasteiger partial charge >= 0.3 is 11.9 Å². The summed E-state index contributed by atoms with van der Waals surface area (Å²) in [7, 11) is 0. The molecule has 0 aromatic heterocycles. The lowest BCUT2D eigenvalue weighted by atomic mass is 9.50. The van der Waals surface area contributed by atoms with Gasteiger partial charge in [0.2, 0.25) is 0 Å². The average molecular weight is 573 g/mol. The monoisotopic (exact) mass is 572 g/mol. The molecule has 10 rings (SSSR count). The summed E-state index contributed by atoms with van der Waals surface area (Å²) >= 11 is 0.